The first-order chi connectivity index (χ1) is 12.5. The summed E-state index contributed by atoms with van der Waals surface area (Å²) >= 11 is 13.5. The zero-order valence-electron chi connectivity index (χ0n) is 13.9. The van der Waals surface area contributed by atoms with Crippen LogP contribution >= 0.6 is 35.0 Å². The van der Waals surface area contributed by atoms with Crippen molar-refractivity contribution in [3.05, 3.63) is 81.3 Å². The number of hydrogen-bond acceptors (Lipinski definition) is 4. The summed E-state index contributed by atoms with van der Waals surface area (Å²) in [6.45, 7) is 1.97. The van der Waals surface area contributed by atoms with Gasteiger partial charge in [-0.2, -0.15) is 0 Å². The van der Waals surface area contributed by atoms with Crippen LogP contribution in [0.2, 0.25) is 10.0 Å². The molecule has 0 saturated carbocycles. The van der Waals surface area contributed by atoms with E-state index in [1.165, 1.54) is 11.8 Å². The van der Waals surface area contributed by atoms with E-state index in [0.717, 1.165) is 16.2 Å². The van der Waals surface area contributed by atoms with E-state index in [4.69, 9.17) is 23.2 Å². The second-order valence-electron chi connectivity index (χ2n) is 5.61. The van der Waals surface area contributed by atoms with Gasteiger partial charge in [-0.25, -0.2) is 0 Å². The monoisotopic (exact) mass is 403 g/mol. The minimum atomic E-state index is -0.212. The highest BCUT2D eigenvalue weighted by Gasteiger charge is 2.07. The number of amides is 1. The molecule has 4 nitrogen and oxygen atoms in total. The Balaban J connectivity index is 1.58. The maximum absolute atomic E-state index is 12.2. The van der Waals surface area contributed by atoms with Gasteiger partial charge in [-0.3, -0.25) is 4.79 Å². The third-order valence-electron chi connectivity index (χ3n) is 3.57. The Morgan fingerprint density at radius 3 is 2.42 bits per heavy atom. The van der Waals surface area contributed by atoms with E-state index < -0.39 is 0 Å². The van der Waals surface area contributed by atoms with Crippen LogP contribution in [0.1, 0.15) is 21.5 Å². The molecule has 1 aromatic heterocycles. The lowest BCUT2D eigenvalue weighted by molar-refractivity contribution is 0.102. The fraction of sp³-hybridized carbons (Fsp3) is 0.105. The molecule has 132 valence electrons. The molecule has 0 atom stereocenters. The van der Waals surface area contributed by atoms with Crippen LogP contribution in [0.4, 0.5) is 5.82 Å². The Bertz CT molecular complexity index is 915. The van der Waals surface area contributed by atoms with Gasteiger partial charge in [0.05, 0.1) is 10.0 Å². The average molecular weight is 404 g/mol. The summed E-state index contributed by atoms with van der Waals surface area (Å²) in [7, 11) is 0. The zero-order chi connectivity index (χ0) is 18.5. The Morgan fingerprint density at radius 2 is 1.77 bits per heavy atom. The van der Waals surface area contributed by atoms with Crippen molar-refractivity contribution in [3.63, 3.8) is 0 Å². The highest BCUT2D eigenvalue weighted by Crippen LogP contribution is 2.26. The average Bonchev–Trinajstić information content (AvgIpc) is 2.64. The maximum atomic E-state index is 12.2. The van der Waals surface area contributed by atoms with Crippen molar-refractivity contribution in [1.82, 2.24) is 10.2 Å². The summed E-state index contributed by atoms with van der Waals surface area (Å²) in [6, 6.07) is 16.4. The topological polar surface area (TPSA) is 54.9 Å². The largest absolute Gasteiger partial charge is 0.305 e. The minimum Gasteiger partial charge on any atom is -0.305 e. The molecule has 0 bridgehead atoms. The fourth-order valence-electron chi connectivity index (χ4n) is 2.14. The van der Waals surface area contributed by atoms with Gasteiger partial charge in [0.1, 0.15) is 5.03 Å². The highest BCUT2D eigenvalue weighted by molar-refractivity contribution is 7.98. The number of nitrogens with zero attached hydrogens (tertiary/aromatic N) is 2. The van der Waals surface area contributed by atoms with E-state index in [1.807, 2.05) is 37.3 Å². The molecule has 0 aliphatic carbocycles. The normalized spacial score (nSPS) is 10.6. The maximum Gasteiger partial charge on any atom is 0.256 e. The van der Waals surface area contributed by atoms with E-state index in [2.05, 4.69) is 15.5 Å². The standard InChI is InChI=1S/C19H15Cl2N3OS/c1-12-2-5-14(6-3-12)19(25)22-17-8-9-18(24-23-17)26-11-13-4-7-15(20)16(21)10-13/h2-10H,11H2,1H3,(H,22,23,25). The molecular weight excluding hydrogens is 389 g/mol. The predicted molar refractivity (Wildman–Crippen MR) is 107 cm³/mol. The first kappa shape index (κ1) is 18.7. The third kappa shape index (κ3) is 4.97. The van der Waals surface area contributed by atoms with Crippen LogP contribution in [0.5, 0.6) is 0 Å². The molecule has 7 heteroatoms. The van der Waals surface area contributed by atoms with Crippen molar-refractivity contribution in [3.8, 4) is 0 Å². The molecule has 3 rings (SSSR count). The summed E-state index contributed by atoms with van der Waals surface area (Å²) < 4.78 is 0. The number of aryl methyl sites for hydroxylation is 1. The van der Waals surface area contributed by atoms with Crippen LogP contribution in [0.25, 0.3) is 0 Å². The third-order valence-corrected chi connectivity index (χ3v) is 5.30. The first-order valence-corrected chi connectivity index (χ1v) is 9.54. The number of thioether (sulfide) groups is 1. The molecule has 26 heavy (non-hydrogen) atoms. The summed E-state index contributed by atoms with van der Waals surface area (Å²) in [5.74, 6) is 0.894. The molecule has 0 unspecified atom stereocenters. The lowest BCUT2D eigenvalue weighted by Gasteiger charge is -2.06. The Labute approximate surface area is 165 Å². The molecule has 0 aliphatic rings. The molecule has 0 spiro atoms. The van der Waals surface area contributed by atoms with Crippen LogP contribution in [0, 0.1) is 6.92 Å². The molecule has 0 aliphatic heterocycles. The van der Waals surface area contributed by atoms with Gasteiger partial charge < -0.3 is 5.32 Å². The van der Waals surface area contributed by atoms with Gasteiger partial charge >= 0.3 is 0 Å². The predicted octanol–water partition coefficient (Wildman–Crippen LogP) is 5.64. The molecule has 0 fully saturated rings. The Hall–Kier alpha value is -2.08. The fourth-order valence-corrected chi connectivity index (χ4v) is 3.22. The summed E-state index contributed by atoms with van der Waals surface area (Å²) in [4.78, 5) is 12.2. The van der Waals surface area contributed by atoms with Gasteiger partial charge in [-0.15, -0.1) is 10.2 Å². The van der Waals surface area contributed by atoms with E-state index in [9.17, 15) is 4.79 Å². The lowest BCUT2D eigenvalue weighted by Crippen LogP contribution is -2.13. The first-order valence-electron chi connectivity index (χ1n) is 7.80. The van der Waals surface area contributed by atoms with Crippen LogP contribution in [0.3, 0.4) is 0 Å². The van der Waals surface area contributed by atoms with E-state index in [0.29, 0.717) is 27.2 Å². The second kappa shape index (κ2) is 8.54. The van der Waals surface area contributed by atoms with Crippen LogP contribution < -0.4 is 5.32 Å². The van der Waals surface area contributed by atoms with Crippen LogP contribution in [-0.4, -0.2) is 16.1 Å². The van der Waals surface area contributed by atoms with Gasteiger partial charge in [-0.05, 0) is 48.9 Å². The Kier molecular flexibility index (Phi) is 6.14. The number of benzene rings is 2. The van der Waals surface area contributed by atoms with Crippen LogP contribution in [-0.2, 0) is 5.75 Å². The SMILES string of the molecule is Cc1ccc(C(=O)Nc2ccc(SCc3ccc(Cl)c(Cl)c3)nn2)cc1. The molecule has 1 amide bonds. The van der Waals surface area contributed by atoms with Crippen molar-refractivity contribution in [2.24, 2.45) is 0 Å². The molecular formula is C19H15Cl2N3OS. The molecule has 1 heterocycles. The number of halogens is 2. The molecule has 0 saturated heterocycles. The Morgan fingerprint density at radius 1 is 1.00 bits per heavy atom. The van der Waals surface area contributed by atoms with Crippen molar-refractivity contribution in [2.45, 2.75) is 17.7 Å². The number of nitrogens with one attached hydrogen (secondary N) is 1. The van der Waals surface area contributed by atoms with Crippen LogP contribution in [0.15, 0.2) is 59.6 Å². The van der Waals surface area contributed by atoms with Crippen molar-refractivity contribution < 1.29 is 4.79 Å². The number of rotatable bonds is 5. The van der Waals surface area contributed by atoms with Gasteiger partial charge in [0.2, 0.25) is 0 Å². The molecule has 1 N–H and O–H groups in total. The second-order valence-corrected chi connectivity index (χ2v) is 7.42. The number of anilines is 1. The highest BCUT2D eigenvalue weighted by atomic mass is 35.5. The van der Waals surface area contributed by atoms with Crippen molar-refractivity contribution in [1.29, 1.82) is 0 Å². The number of aromatic nitrogens is 2. The zero-order valence-corrected chi connectivity index (χ0v) is 16.2. The number of hydrogen-bond donors (Lipinski definition) is 1. The molecule has 0 radical (unpaired) electrons. The van der Waals surface area contributed by atoms with Gasteiger partial charge in [0.25, 0.3) is 5.91 Å². The summed E-state index contributed by atoms with van der Waals surface area (Å²) in [5.41, 5.74) is 2.73. The lowest BCUT2D eigenvalue weighted by atomic mass is 10.1. The molecule has 3 aromatic rings. The van der Waals surface area contributed by atoms with Gasteiger partial charge in [0.15, 0.2) is 5.82 Å². The van der Waals surface area contributed by atoms with Gasteiger partial charge in [-0.1, -0.05) is 58.7 Å². The molecule has 2 aromatic carbocycles. The number of carbonyl (C=O) groups is 1. The summed E-state index contributed by atoms with van der Waals surface area (Å²) in [6.07, 6.45) is 0. The quantitative estimate of drug-likeness (QED) is 0.560. The van der Waals surface area contributed by atoms with Crippen molar-refractivity contribution in [2.75, 3.05) is 5.32 Å². The minimum absolute atomic E-state index is 0.212. The van der Waals surface area contributed by atoms with Crippen molar-refractivity contribution >= 4 is 46.7 Å². The number of carbonyl (C=O) groups excluding carboxylic acids is 1. The smallest absolute Gasteiger partial charge is 0.256 e. The van der Waals surface area contributed by atoms with E-state index in [-0.39, 0.29) is 5.91 Å². The summed E-state index contributed by atoms with van der Waals surface area (Å²) in [5, 5.41) is 12.8. The van der Waals surface area contributed by atoms with Gasteiger partial charge in [0, 0.05) is 11.3 Å². The van der Waals surface area contributed by atoms with E-state index >= 15 is 0 Å². The van der Waals surface area contributed by atoms with E-state index in [1.54, 1.807) is 24.3 Å².